The van der Waals surface area contributed by atoms with Crippen LogP contribution in [0.5, 0.6) is 11.6 Å². The summed E-state index contributed by atoms with van der Waals surface area (Å²) < 4.78 is 5.51. The standard InChI is InChI=1S/C19H19NO4S/c1-3-5-14(6-4-2)16(21)12-24-15-9-7-13(8-10-15)11-17-18(22)20-19(23)25-17/h3-10,22H,1,11-12H2,2H3,(H,20,23). The molecule has 0 fully saturated rings. The van der Waals surface area contributed by atoms with Crippen molar-refractivity contribution in [3.8, 4) is 11.6 Å². The maximum Gasteiger partial charge on any atom is 0.307 e. The first-order valence-corrected chi connectivity index (χ1v) is 8.46. The van der Waals surface area contributed by atoms with Crippen LogP contribution >= 0.6 is 11.3 Å². The van der Waals surface area contributed by atoms with Gasteiger partial charge in [-0.1, -0.05) is 54.4 Å². The Hall–Kier alpha value is -2.86. The summed E-state index contributed by atoms with van der Waals surface area (Å²) in [7, 11) is 0. The molecule has 0 saturated carbocycles. The second-order valence-corrected chi connectivity index (χ2v) is 6.24. The molecular formula is C19H19NO4S. The average Bonchev–Trinajstić information content (AvgIpc) is 2.91. The largest absolute Gasteiger partial charge is 0.494 e. The zero-order valence-electron chi connectivity index (χ0n) is 13.8. The highest BCUT2D eigenvalue weighted by Crippen LogP contribution is 2.21. The number of benzene rings is 1. The third kappa shape index (κ3) is 5.32. The van der Waals surface area contributed by atoms with Crippen LogP contribution in [-0.4, -0.2) is 22.5 Å². The fraction of sp³-hybridized carbons (Fsp3) is 0.158. The summed E-state index contributed by atoms with van der Waals surface area (Å²) in [5.74, 6) is 0.345. The van der Waals surface area contributed by atoms with Gasteiger partial charge in [0.2, 0.25) is 5.88 Å². The van der Waals surface area contributed by atoms with Crippen molar-refractivity contribution in [2.45, 2.75) is 13.3 Å². The fourth-order valence-corrected chi connectivity index (χ4v) is 2.90. The van der Waals surface area contributed by atoms with E-state index in [1.165, 1.54) is 0 Å². The topological polar surface area (TPSA) is 79.4 Å². The summed E-state index contributed by atoms with van der Waals surface area (Å²) >= 11 is 0.982. The number of carbonyl (C=O) groups excluding carboxylic acids is 1. The predicted octanol–water partition coefficient (Wildman–Crippen LogP) is 3.37. The number of ketones is 1. The number of nitrogens with one attached hydrogen (secondary N) is 1. The number of hydrogen-bond acceptors (Lipinski definition) is 5. The van der Waals surface area contributed by atoms with Gasteiger partial charge >= 0.3 is 4.87 Å². The number of allylic oxidation sites excluding steroid dienone is 4. The number of aromatic nitrogens is 1. The van der Waals surface area contributed by atoms with E-state index in [1.807, 2.05) is 19.1 Å². The molecule has 25 heavy (non-hydrogen) atoms. The number of ether oxygens (including phenoxy) is 1. The van der Waals surface area contributed by atoms with Crippen LogP contribution in [0.4, 0.5) is 0 Å². The van der Waals surface area contributed by atoms with E-state index in [-0.39, 0.29) is 23.1 Å². The molecule has 0 aliphatic carbocycles. The highest BCUT2D eigenvalue weighted by atomic mass is 32.1. The van der Waals surface area contributed by atoms with Crippen molar-refractivity contribution in [2.24, 2.45) is 0 Å². The van der Waals surface area contributed by atoms with Crippen molar-refractivity contribution < 1.29 is 14.6 Å². The van der Waals surface area contributed by atoms with E-state index in [0.717, 1.165) is 16.9 Å². The third-order valence-corrected chi connectivity index (χ3v) is 4.20. The maximum absolute atomic E-state index is 12.1. The van der Waals surface area contributed by atoms with Crippen molar-refractivity contribution >= 4 is 17.1 Å². The van der Waals surface area contributed by atoms with Gasteiger partial charge < -0.3 is 9.84 Å². The van der Waals surface area contributed by atoms with Crippen LogP contribution < -0.4 is 9.61 Å². The predicted molar refractivity (Wildman–Crippen MR) is 99.4 cm³/mol. The Balaban J connectivity index is 1.97. The molecule has 0 atom stereocenters. The first-order chi connectivity index (χ1) is 12.0. The molecule has 2 aromatic rings. The first-order valence-electron chi connectivity index (χ1n) is 7.64. The van der Waals surface area contributed by atoms with E-state index in [9.17, 15) is 14.7 Å². The van der Waals surface area contributed by atoms with E-state index < -0.39 is 0 Å². The molecule has 5 nitrogen and oxygen atoms in total. The van der Waals surface area contributed by atoms with Gasteiger partial charge in [-0.3, -0.25) is 14.6 Å². The van der Waals surface area contributed by atoms with E-state index in [1.54, 1.807) is 36.4 Å². The van der Waals surface area contributed by atoms with E-state index in [2.05, 4.69) is 11.6 Å². The van der Waals surface area contributed by atoms with Crippen LogP contribution in [0.3, 0.4) is 0 Å². The molecule has 0 aliphatic rings. The first kappa shape index (κ1) is 18.5. The number of hydrogen-bond donors (Lipinski definition) is 2. The molecule has 1 aromatic heterocycles. The van der Waals surface area contributed by atoms with Crippen molar-refractivity contribution in [3.63, 3.8) is 0 Å². The molecule has 6 heteroatoms. The molecule has 0 spiro atoms. The van der Waals surface area contributed by atoms with Gasteiger partial charge in [-0.2, -0.15) is 0 Å². The molecule has 1 heterocycles. The number of aromatic hydroxyl groups is 1. The molecule has 2 rings (SSSR count). The number of carbonyl (C=O) groups is 1. The molecule has 0 aliphatic heterocycles. The zero-order valence-corrected chi connectivity index (χ0v) is 14.6. The quantitative estimate of drug-likeness (QED) is 0.561. The summed E-state index contributed by atoms with van der Waals surface area (Å²) in [6.45, 7) is 5.36. The van der Waals surface area contributed by atoms with E-state index in [4.69, 9.17) is 4.74 Å². The Bertz CT molecular complexity index is 856. The third-order valence-electron chi connectivity index (χ3n) is 3.32. The number of rotatable bonds is 8. The molecule has 1 aromatic carbocycles. The summed E-state index contributed by atoms with van der Waals surface area (Å²) in [5.41, 5.74) is 1.46. The highest BCUT2D eigenvalue weighted by molar-refractivity contribution is 7.09. The SMILES string of the molecule is C=CC=C(C=CC)C(=O)COc1ccc(Cc2sc(=O)[nH]c2O)cc1. The molecule has 130 valence electrons. The fourth-order valence-electron chi connectivity index (χ4n) is 2.14. The number of thiazole rings is 1. The second kappa shape index (κ2) is 8.84. The van der Waals surface area contributed by atoms with Crippen molar-refractivity contribution in [3.05, 3.63) is 80.8 Å². The smallest absolute Gasteiger partial charge is 0.307 e. The Morgan fingerprint density at radius 3 is 2.64 bits per heavy atom. The Morgan fingerprint density at radius 1 is 1.36 bits per heavy atom. The molecule has 2 N–H and O–H groups in total. The molecule has 0 bridgehead atoms. The highest BCUT2D eigenvalue weighted by Gasteiger charge is 2.09. The molecule has 0 amide bonds. The van der Waals surface area contributed by atoms with Gasteiger partial charge in [0.05, 0.1) is 4.88 Å². The minimum Gasteiger partial charge on any atom is -0.494 e. The van der Waals surface area contributed by atoms with E-state index >= 15 is 0 Å². The number of aromatic amines is 1. The van der Waals surface area contributed by atoms with E-state index in [0.29, 0.717) is 22.6 Å². The van der Waals surface area contributed by atoms with Crippen LogP contribution in [0.15, 0.2) is 65.5 Å². The van der Waals surface area contributed by atoms with Crippen LogP contribution in [0.25, 0.3) is 0 Å². The summed E-state index contributed by atoms with van der Waals surface area (Å²) in [5, 5.41) is 9.61. The lowest BCUT2D eigenvalue weighted by Gasteiger charge is -2.07. The summed E-state index contributed by atoms with van der Waals surface area (Å²) in [4.78, 5) is 25.9. The Labute approximate surface area is 149 Å². The molecule has 0 radical (unpaired) electrons. The molecule has 0 saturated heterocycles. The van der Waals surface area contributed by atoms with Gasteiger partial charge in [0, 0.05) is 12.0 Å². The molecule has 0 unspecified atom stereocenters. The van der Waals surface area contributed by atoms with Crippen LogP contribution in [0.2, 0.25) is 0 Å². The number of Topliss-reactive ketones (excluding diaryl/α,β-unsaturated/α-hetero) is 1. The van der Waals surface area contributed by atoms with Gasteiger partial charge in [-0.25, -0.2) is 0 Å². The van der Waals surface area contributed by atoms with Crippen LogP contribution in [0, 0.1) is 0 Å². The lowest BCUT2D eigenvalue weighted by atomic mass is 10.1. The normalized spacial score (nSPS) is 11.6. The maximum atomic E-state index is 12.1. The Morgan fingerprint density at radius 2 is 2.08 bits per heavy atom. The Kier molecular flexibility index (Phi) is 6.54. The van der Waals surface area contributed by atoms with Gasteiger partial charge in [-0.15, -0.1) is 0 Å². The van der Waals surface area contributed by atoms with Crippen molar-refractivity contribution in [2.75, 3.05) is 6.61 Å². The minimum atomic E-state index is -0.282. The average molecular weight is 357 g/mol. The lowest BCUT2D eigenvalue weighted by Crippen LogP contribution is -2.12. The van der Waals surface area contributed by atoms with Crippen molar-refractivity contribution in [1.82, 2.24) is 4.98 Å². The minimum absolute atomic E-state index is 0.0659. The summed E-state index contributed by atoms with van der Waals surface area (Å²) in [6, 6.07) is 7.16. The number of H-pyrrole nitrogens is 1. The van der Waals surface area contributed by atoms with Crippen LogP contribution in [0.1, 0.15) is 17.4 Å². The van der Waals surface area contributed by atoms with Gasteiger partial charge in [-0.05, 0) is 24.6 Å². The zero-order chi connectivity index (χ0) is 18.2. The lowest BCUT2D eigenvalue weighted by molar-refractivity contribution is -0.117. The summed E-state index contributed by atoms with van der Waals surface area (Å²) in [6.07, 6.45) is 7.15. The van der Waals surface area contributed by atoms with Crippen LogP contribution in [-0.2, 0) is 11.2 Å². The van der Waals surface area contributed by atoms with Gasteiger partial charge in [0.15, 0.2) is 12.4 Å². The van der Waals surface area contributed by atoms with Gasteiger partial charge in [0.25, 0.3) is 0 Å². The molecular weight excluding hydrogens is 338 g/mol. The van der Waals surface area contributed by atoms with Crippen molar-refractivity contribution in [1.29, 1.82) is 0 Å². The van der Waals surface area contributed by atoms with Gasteiger partial charge in [0.1, 0.15) is 5.75 Å². The second-order valence-electron chi connectivity index (χ2n) is 5.18. The monoisotopic (exact) mass is 357 g/mol.